The van der Waals surface area contributed by atoms with Crippen molar-refractivity contribution in [2.24, 2.45) is 5.92 Å². The quantitative estimate of drug-likeness (QED) is 0.765. The molecule has 0 spiro atoms. The Labute approximate surface area is 79.4 Å². The van der Waals surface area contributed by atoms with Gasteiger partial charge in [-0.25, -0.2) is 0 Å². The predicted molar refractivity (Wildman–Crippen MR) is 54.8 cm³/mol. The third kappa shape index (κ3) is 2.20. The number of rotatable bonds is 3. The number of nitrogens with zero attached hydrogens (tertiary/aromatic N) is 1. The first-order valence-electron chi connectivity index (χ1n) is 4.94. The minimum absolute atomic E-state index is 0.601. The van der Waals surface area contributed by atoms with Gasteiger partial charge in [0.2, 0.25) is 0 Å². The number of anilines is 1. The molecular formula is C11H16N2. The molecule has 1 aliphatic rings. The highest BCUT2D eigenvalue weighted by atomic mass is 14.9. The smallest absolute Gasteiger partial charge is 0.0531 e. The maximum Gasteiger partial charge on any atom is 0.0531 e. The minimum Gasteiger partial charge on any atom is -0.381 e. The van der Waals surface area contributed by atoms with Gasteiger partial charge in [-0.3, -0.25) is 4.98 Å². The first-order valence-corrected chi connectivity index (χ1v) is 4.94. The van der Waals surface area contributed by atoms with E-state index in [0.717, 1.165) is 11.6 Å². The average molecular weight is 176 g/mol. The molecule has 1 atom stereocenters. The molecular weight excluding hydrogens is 160 g/mol. The van der Waals surface area contributed by atoms with Crippen LogP contribution in [0.5, 0.6) is 0 Å². The second-order valence-electron chi connectivity index (χ2n) is 4.02. The number of aromatic nitrogens is 1. The Bertz CT molecular complexity index is 292. The molecule has 0 aromatic carbocycles. The summed E-state index contributed by atoms with van der Waals surface area (Å²) >= 11 is 0. The van der Waals surface area contributed by atoms with Gasteiger partial charge in [0.1, 0.15) is 0 Å². The third-order valence-electron chi connectivity index (χ3n) is 2.60. The molecule has 0 aliphatic heterocycles. The van der Waals surface area contributed by atoms with Crippen molar-refractivity contribution in [2.75, 3.05) is 5.32 Å². The molecule has 2 heteroatoms. The summed E-state index contributed by atoms with van der Waals surface area (Å²) in [5, 5.41) is 3.48. The van der Waals surface area contributed by atoms with E-state index in [2.05, 4.69) is 30.2 Å². The topological polar surface area (TPSA) is 24.9 Å². The zero-order valence-electron chi connectivity index (χ0n) is 8.25. The number of pyridine rings is 1. The van der Waals surface area contributed by atoms with Crippen LogP contribution in [0.2, 0.25) is 0 Å². The fourth-order valence-corrected chi connectivity index (χ4v) is 1.61. The summed E-state index contributed by atoms with van der Waals surface area (Å²) in [7, 11) is 0. The lowest BCUT2D eigenvalue weighted by molar-refractivity contribution is 0.693. The molecule has 0 radical (unpaired) electrons. The fraction of sp³-hybridized carbons (Fsp3) is 0.545. The van der Waals surface area contributed by atoms with Crippen molar-refractivity contribution in [3.8, 4) is 0 Å². The lowest BCUT2D eigenvalue weighted by Gasteiger charge is -2.13. The fourth-order valence-electron chi connectivity index (χ4n) is 1.61. The Morgan fingerprint density at radius 2 is 2.23 bits per heavy atom. The highest BCUT2D eigenvalue weighted by molar-refractivity contribution is 5.43. The van der Waals surface area contributed by atoms with E-state index >= 15 is 0 Å². The van der Waals surface area contributed by atoms with Crippen molar-refractivity contribution >= 4 is 5.69 Å². The van der Waals surface area contributed by atoms with Crippen LogP contribution in [0.1, 0.15) is 25.3 Å². The van der Waals surface area contributed by atoms with Gasteiger partial charge in [-0.1, -0.05) is 0 Å². The molecule has 0 amide bonds. The van der Waals surface area contributed by atoms with Gasteiger partial charge < -0.3 is 5.32 Å². The van der Waals surface area contributed by atoms with Gasteiger partial charge in [-0.05, 0) is 44.2 Å². The summed E-state index contributed by atoms with van der Waals surface area (Å²) in [6.07, 6.45) is 6.54. The van der Waals surface area contributed by atoms with Gasteiger partial charge in [0.25, 0.3) is 0 Å². The molecule has 1 heterocycles. The minimum atomic E-state index is 0.601. The molecule has 0 saturated heterocycles. The SMILES string of the molecule is Cc1cncc(NC(C)C2CC2)c1. The molecule has 1 saturated carbocycles. The Hall–Kier alpha value is -1.05. The van der Waals surface area contributed by atoms with E-state index in [-0.39, 0.29) is 0 Å². The Morgan fingerprint density at radius 1 is 1.46 bits per heavy atom. The summed E-state index contributed by atoms with van der Waals surface area (Å²) in [5.41, 5.74) is 2.37. The lowest BCUT2D eigenvalue weighted by Crippen LogP contribution is -2.17. The van der Waals surface area contributed by atoms with Crippen LogP contribution in [0.3, 0.4) is 0 Å². The van der Waals surface area contributed by atoms with E-state index in [0.29, 0.717) is 6.04 Å². The molecule has 1 aliphatic carbocycles. The molecule has 2 nitrogen and oxygen atoms in total. The molecule has 1 aromatic rings. The zero-order chi connectivity index (χ0) is 9.26. The van der Waals surface area contributed by atoms with Gasteiger partial charge >= 0.3 is 0 Å². The van der Waals surface area contributed by atoms with E-state index in [1.165, 1.54) is 18.4 Å². The molecule has 2 rings (SSSR count). The van der Waals surface area contributed by atoms with Crippen molar-refractivity contribution in [1.29, 1.82) is 0 Å². The maximum atomic E-state index is 4.15. The molecule has 1 unspecified atom stereocenters. The van der Waals surface area contributed by atoms with E-state index in [4.69, 9.17) is 0 Å². The summed E-state index contributed by atoms with van der Waals surface area (Å²) in [5.74, 6) is 0.889. The highest BCUT2D eigenvalue weighted by Crippen LogP contribution is 2.33. The second-order valence-corrected chi connectivity index (χ2v) is 4.02. The largest absolute Gasteiger partial charge is 0.381 e. The molecule has 70 valence electrons. The normalized spacial score (nSPS) is 18.3. The summed E-state index contributed by atoms with van der Waals surface area (Å²) in [6, 6.07) is 2.75. The highest BCUT2D eigenvalue weighted by Gasteiger charge is 2.27. The van der Waals surface area contributed by atoms with E-state index in [9.17, 15) is 0 Å². The monoisotopic (exact) mass is 176 g/mol. The number of hydrogen-bond donors (Lipinski definition) is 1. The molecule has 13 heavy (non-hydrogen) atoms. The Balaban J connectivity index is 2.00. The molecule has 1 fully saturated rings. The summed E-state index contributed by atoms with van der Waals surface area (Å²) in [4.78, 5) is 4.15. The molecule has 0 bridgehead atoms. The first kappa shape index (κ1) is 8.54. The Morgan fingerprint density at radius 3 is 2.85 bits per heavy atom. The van der Waals surface area contributed by atoms with E-state index in [1.807, 2.05) is 12.4 Å². The van der Waals surface area contributed by atoms with Crippen LogP contribution in [-0.2, 0) is 0 Å². The third-order valence-corrected chi connectivity index (χ3v) is 2.60. The van der Waals surface area contributed by atoms with Gasteiger partial charge in [-0.2, -0.15) is 0 Å². The van der Waals surface area contributed by atoms with Crippen LogP contribution < -0.4 is 5.32 Å². The molecule has 1 N–H and O–H groups in total. The van der Waals surface area contributed by atoms with Gasteiger partial charge in [0, 0.05) is 18.4 Å². The number of nitrogens with one attached hydrogen (secondary N) is 1. The van der Waals surface area contributed by atoms with Crippen LogP contribution >= 0.6 is 0 Å². The van der Waals surface area contributed by atoms with Crippen LogP contribution in [0.25, 0.3) is 0 Å². The van der Waals surface area contributed by atoms with Crippen LogP contribution in [0.15, 0.2) is 18.5 Å². The van der Waals surface area contributed by atoms with Crippen LogP contribution in [0.4, 0.5) is 5.69 Å². The van der Waals surface area contributed by atoms with Crippen molar-refractivity contribution in [1.82, 2.24) is 4.98 Å². The average Bonchev–Trinajstić information content (AvgIpc) is 2.85. The molecule has 1 aromatic heterocycles. The number of hydrogen-bond acceptors (Lipinski definition) is 2. The van der Waals surface area contributed by atoms with Crippen molar-refractivity contribution in [2.45, 2.75) is 32.7 Å². The lowest BCUT2D eigenvalue weighted by atomic mass is 10.2. The standard InChI is InChI=1S/C11H16N2/c1-8-5-11(7-12-6-8)13-9(2)10-3-4-10/h5-7,9-10,13H,3-4H2,1-2H3. The van der Waals surface area contributed by atoms with E-state index in [1.54, 1.807) is 0 Å². The van der Waals surface area contributed by atoms with Gasteiger partial charge in [0.15, 0.2) is 0 Å². The summed E-state index contributed by atoms with van der Waals surface area (Å²) < 4.78 is 0. The van der Waals surface area contributed by atoms with Crippen molar-refractivity contribution < 1.29 is 0 Å². The zero-order valence-corrected chi connectivity index (χ0v) is 8.25. The van der Waals surface area contributed by atoms with Crippen molar-refractivity contribution in [3.63, 3.8) is 0 Å². The van der Waals surface area contributed by atoms with Crippen molar-refractivity contribution in [3.05, 3.63) is 24.0 Å². The first-order chi connectivity index (χ1) is 6.25. The van der Waals surface area contributed by atoms with Crippen LogP contribution in [0, 0.1) is 12.8 Å². The van der Waals surface area contributed by atoms with Crippen LogP contribution in [-0.4, -0.2) is 11.0 Å². The Kier molecular flexibility index (Phi) is 2.21. The predicted octanol–water partition coefficient (Wildman–Crippen LogP) is 2.60. The number of aryl methyl sites for hydroxylation is 1. The van der Waals surface area contributed by atoms with Gasteiger partial charge in [-0.15, -0.1) is 0 Å². The second kappa shape index (κ2) is 3.36. The maximum absolute atomic E-state index is 4.15. The van der Waals surface area contributed by atoms with E-state index < -0.39 is 0 Å². The summed E-state index contributed by atoms with van der Waals surface area (Å²) in [6.45, 7) is 4.32. The van der Waals surface area contributed by atoms with Gasteiger partial charge in [0.05, 0.1) is 5.69 Å².